The molecule has 0 radical (unpaired) electrons. The molecular formula is C16H23F3N4O. The third-order valence-corrected chi connectivity index (χ3v) is 4.08. The van der Waals surface area contributed by atoms with Crippen LogP contribution < -0.4 is 10.6 Å². The van der Waals surface area contributed by atoms with Crippen molar-refractivity contribution >= 4 is 5.91 Å². The molecule has 1 heterocycles. The first-order chi connectivity index (χ1) is 11.3. The Kier molecular flexibility index (Phi) is 6.15. The highest BCUT2D eigenvalue weighted by Gasteiger charge is 2.33. The first kappa shape index (κ1) is 18.6. The molecule has 1 saturated carbocycles. The molecule has 0 saturated heterocycles. The molecule has 0 bridgehead atoms. The number of aromatic nitrogens is 2. The first-order valence-corrected chi connectivity index (χ1v) is 8.21. The zero-order valence-corrected chi connectivity index (χ0v) is 13.9. The summed E-state index contributed by atoms with van der Waals surface area (Å²) in [5, 5.41) is 5.99. The number of carbonyl (C=O) groups excluding carboxylic acids is 1. The van der Waals surface area contributed by atoms with Gasteiger partial charge in [0.2, 0.25) is 5.91 Å². The van der Waals surface area contributed by atoms with Gasteiger partial charge in [-0.15, -0.1) is 0 Å². The molecule has 1 aliphatic carbocycles. The zero-order chi connectivity index (χ0) is 17.7. The van der Waals surface area contributed by atoms with E-state index in [1.807, 2.05) is 0 Å². The summed E-state index contributed by atoms with van der Waals surface area (Å²) >= 11 is 0. The van der Waals surface area contributed by atoms with Crippen LogP contribution in [0.3, 0.4) is 0 Å². The molecule has 1 atom stereocenters. The quantitative estimate of drug-likeness (QED) is 0.832. The second-order valence-electron chi connectivity index (χ2n) is 6.22. The minimum absolute atomic E-state index is 0.0805. The van der Waals surface area contributed by atoms with Crippen molar-refractivity contribution in [2.24, 2.45) is 0 Å². The van der Waals surface area contributed by atoms with Crippen LogP contribution in [-0.4, -0.2) is 34.5 Å². The van der Waals surface area contributed by atoms with Crippen LogP contribution in [0, 0.1) is 6.92 Å². The summed E-state index contributed by atoms with van der Waals surface area (Å²) in [7, 11) is 0. The molecule has 1 amide bonds. The highest BCUT2D eigenvalue weighted by Crippen LogP contribution is 2.27. The minimum Gasteiger partial charge on any atom is -0.352 e. The van der Waals surface area contributed by atoms with Crippen molar-refractivity contribution in [2.75, 3.05) is 6.54 Å². The number of halogens is 3. The average molecular weight is 344 g/mol. The molecule has 0 spiro atoms. The number of aryl methyl sites for hydroxylation is 1. The van der Waals surface area contributed by atoms with E-state index >= 15 is 0 Å². The molecule has 1 fully saturated rings. The van der Waals surface area contributed by atoms with E-state index < -0.39 is 17.9 Å². The molecule has 134 valence electrons. The number of alkyl halides is 3. The Bertz CT molecular complexity index is 571. The van der Waals surface area contributed by atoms with Crippen molar-refractivity contribution in [3.05, 3.63) is 23.3 Å². The fraction of sp³-hybridized carbons (Fsp3) is 0.688. The highest BCUT2D eigenvalue weighted by molar-refractivity contribution is 5.81. The Balaban J connectivity index is 1.82. The van der Waals surface area contributed by atoms with Crippen LogP contribution in [0.5, 0.6) is 0 Å². The second-order valence-corrected chi connectivity index (χ2v) is 6.22. The van der Waals surface area contributed by atoms with E-state index in [0.29, 0.717) is 6.54 Å². The van der Waals surface area contributed by atoms with Crippen molar-refractivity contribution in [2.45, 2.75) is 64.2 Å². The molecule has 2 rings (SSSR count). The maximum Gasteiger partial charge on any atom is 0.433 e. The molecular weight excluding hydrogens is 321 g/mol. The van der Waals surface area contributed by atoms with E-state index in [0.717, 1.165) is 31.7 Å². The highest BCUT2D eigenvalue weighted by atomic mass is 19.4. The van der Waals surface area contributed by atoms with Crippen LogP contribution in [-0.2, 0) is 17.4 Å². The van der Waals surface area contributed by atoms with Crippen LogP contribution >= 0.6 is 0 Å². The molecule has 5 nitrogen and oxygen atoms in total. The topological polar surface area (TPSA) is 66.9 Å². The van der Waals surface area contributed by atoms with Gasteiger partial charge in [0.05, 0.1) is 6.04 Å². The Morgan fingerprint density at radius 2 is 2.00 bits per heavy atom. The van der Waals surface area contributed by atoms with Gasteiger partial charge in [0, 0.05) is 24.7 Å². The molecule has 0 aliphatic heterocycles. The monoisotopic (exact) mass is 344 g/mol. The van der Waals surface area contributed by atoms with Gasteiger partial charge >= 0.3 is 6.18 Å². The Labute approximate surface area is 139 Å². The summed E-state index contributed by atoms with van der Waals surface area (Å²) in [5.41, 5.74) is -0.656. The van der Waals surface area contributed by atoms with E-state index in [2.05, 4.69) is 20.6 Å². The number of rotatable bonds is 6. The summed E-state index contributed by atoms with van der Waals surface area (Å²) in [6, 6.07) is 0.767. The normalized spacial score (nSPS) is 17.0. The maximum absolute atomic E-state index is 12.7. The Morgan fingerprint density at radius 1 is 1.33 bits per heavy atom. The lowest BCUT2D eigenvalue weighted by atomic mass is 10.2. The second kappa shape index (κ2) is 7.92. The number of carbonyl (C=O) groups is 1. The van der Waals surface area contributed by atoms with E-state index in [1.54, 1.807) is 6.92 Å². The van der Waals surface area contributed by atoms with Crippen molar-refractivity contribution < 1.29 is 18.0 Å². The molecule has 8 heteroatoms. The summed E-state index contributed by atoms with van der Waals surface area (Å²) in [4.78, 5) is 19.6. The van der Waals surface area contributed by atoms with Crippen molar-refractivity contribution in [1.29, 1.82) is 0 Å². The maximum atomic E-state index is 12.7. The van der Waals surface area contributed by atoms with Crippen LogP contribution in [0.2, 0.25) is 0 Å². The first-order valence-electron chi connectivity index (χ1n) is 8.21. The summed E-state index contributed by atoms with van der Waals surface area (Å²) in [5.74, 6) is 0.0428. The molecule has 0 unspecified atom stereocenters. The molecule has 1 aliphatic rings. The molecule has 24 heavy (non-hydrogen) atoms. The summed E-state index contributed by atoms with van der Waals surface area (Å²) in [6.07, 6.45) is 0.0414. The van der Waals surface area contributed by atoms with Crippen LogP contribution in [0.4, 0.5) is 13.2 Å². The predicted molar refractivity (Wildman–Crippen MR) is 83.3 cm³/mol. The van der Waals surface area contributed by atoms with Crippen LogP contribution in [0.25, 0.3) is 0 Å². The Hall–Kier alpha value is -1.70. The smallest absolute Gasteiger partial charge is 0.352 e. The number of amides is 1. The summed E-state index contributed by atoms with van der Waals surface area (Å²) in [6.45, 7) is 3.58. The standard InChI is InChI=1S/C16H23F3N4O/c1-10-9-13(16(17,18)19)23-14(21-10)7-8-20-11(2)15(24)22-12-5-3-4-6-12/h9,11-12,20H,3-8H2,1-2H3,(H,22,24)/t11-/m1/s1. The van der Waals surface area contributed by atoms with Crippen molar-refractivity contribution in [3.63, 3.8) is 0 Å². The van der Waals surface area contributed by atoms with Gasteiger partial charge in [-0.05, 0) is 32.8 Å². The van der Waals surface area contributed by atoms with Gasteiger partial charge in [-0.25, -0.2) is 9.97 Å². The van der Waals surface area contributed by atoms with Gasteiger partial charge in [0.25, 0.3) is 0 Å². The SMILES string of the molecule is Cc1cc(C(F)(F)F)nc(CCN[C@H](C)C(=O)NC2CCCC2)n1. The lowest BCUT2D eigenvalue weighted by Crippen LogP contribution is -2.46. The van der Waals surface area contributed by atoms with Gasteiger partial charge in [-0.2, -0.15) is 13.2 Å². The van der Waals surface area contributed by atoms with Gasteiger partial charge in [0.15, 0.2) is 0 Å². The predicted octanol–water partition coefficient (Wildman–Crippen LogP) is 2.38. The number of hydrogen-bond acceptors (Lipinski definition) is 4. The lowest BCUT2D eigenvalue weighted by Gasteiger charge is -2.17. The molecule has 0 aromatic carbocycles. The fourth-order valence-electron chi connectivity index (χ4n) is 2.78. The number of nitrogens with one attached hydrogen (secondary N) is 2. The van der Waals surface area contributed by atoms with Gasteiger partial charge in [-0.1, -0.05) is 12.8 Å². The fourth-order valence-corrected chi connectivity index (χ4v) is 2.78. The van der Waals surface area contributed by atoms with Crippen molar-refractivity contribution in [1.82, 2.24) is 20.6 Å². The van der Waals surface area contributed by atoms with Gasteiger partial charge < -0.3 is 10.6 Å². The summed E-state index contributed by atoms with van der Waals surface area (Å²) < 4.78 is 38.2. The van der Waals surface area contributed by atoms with Crippen LogP contribution in [0.15, 0.2) is 6.07 Å². The van der Waals surface area contributed by atoms with Gasteiger partial charge in [0.1, 0.15) is 11.5 Å². The van der Waals surface area contributed by atoms with E-state index in [-0.39, 0.29) is 29.9 Å². The third kappa shape index (κ3) is 5.43. The number of nitrogens with zero attached hydrogens (tertiary/aromatic N) is 2. The van der Waals surface area contributed by atoms with E-state index in [4.69, 9.17) is 0 Å². The van der Waals surface area contributed by atoms with E-state index in [1.165, 1.54) is 6.92 Å². The molecule has 2 N–H and O–H groups in total. The third-order valence-electron chi connectivity index (χ3n) is 4.08. The largest absolute Gasteiger partial charge is 0.433 e. The molecule has 1 aromatic heterocycles. The van der Waals surface area contributed by atoms with Crippen LogP contribution in [0.1, 0.15) is 49.8 Å². The number of hydrogen-bond donors (Lipinski definition) is 2. The average Bonchev–Trinajstić information content (AvgIpc) is 2.98. The Morgan fingerprint density at radius 3 is 2.62 bits per heavy atom. The van der Waals surface area contributed by atoms with Gasteiger partial charge in [-0.3, -0.25) is 4.79 Å². The van der Waals surface area contributed by atoms with Crippen molar-refractivity contribution in [3.8, 4) is 0 Å². The zero-order valence-electron chi connectivity index (χ0n) is 13.9. The minimum atomic E-state index is -4.48. The van der Waals surface area contributed by atoms with E-state index in [9.17, 15) is 18.0 Å². The molecule has 1 aromatic rings. The lowest BCUT2D eigenvalue weighted by molar-refractivity contribution is -0.141.